The zero-order chi connectivity index (χ0) is 11.9. The van der Waals surface area contributed by atoms with Crippen LogP contribution >= 0.6 is 0 Å². The number of fused-ring (bicyclic) bond motifs is 1. The van der Waals surface area contributed by atoms with E-state index in [1.54, 1.807) is 7.11 Å². The van der Waals surface area contributed by atoms with Crippen LogP contribution in [0.4, 0.5) is 0 Å². The highest BCUT2D eigenvalue weighted by molar-refractivity contribution is 6.01. The van der Waals surface area contributed by atoms with Gasteiger partial charge in [-0.1, -0.05) is 26.0 Å². The molecule has 0 spiro atoms. The Labute approximate surface area is 96.6 Å². The van der Waals surface area contributed by atoms with Gasteiger partial charge in [0.1, 0.15) is 5.75 Å². The quantitative estimate of drug-likeness (QED) is 0.722. The summed E-state index contributed by atoms with van der Waals surface area (Å²) in [6, 6.07) is 3.92. The first-order valence-electron chi connectivity index (χ1n) is 5.78. The molecule has 0 fully saturated rings. The predicted molar refractivity (Wildman–Crippen MR) is 64.3 cm³/mol. The first-order valence-corrected chi connectivity index (χ1v) is 5.78. The van der Waals surface area contributed by atoms with Crippen LogP contribution in [0.25, 0.3) is 0 Å². The van der Waals surface area contributed by atoms with E-state index >= 15 is 0 Å². The fourth-order valence-corrected chi connectivity index (χ4v) is 2.70. The second-order valence-electron chi connectivity index (χ2n) is 4.78. The summed E-state index contributed by atoms with van der Waals surface area (Å²) in [6.07, 6.45) is 0.922. The van der Waals surface area contributed by atoms with Crippen molar-refractivity contribution in [3.63, 3.8) is 0 Å². The summed E-state index contributed by atoms with van der Waals surface area (Å²) in [5.74, 6) is 1.68. The van der Waals surface area contributed by atoms with Gasteiger partial charge in [-0.2, -0.15) is 0 Å². The second kappa shape index (κ2) is 3.93. The number of ketones is 1. The molecule has 0 heterocycles. The number of aryl methyl sites for hydroxylation is 1. The lowest BCUT2D eigenvalue weighted by molar-refractivity contribution is 0.0905. The summed E-state index contributed by atoms with van der Waals surface area (Å²) in [4.78, 5) is 12.1. The lowest BCUT2D eigenvalue weighted by atomic mass is 9.76. The Bertz CT molecular complexity index is 435. The molecule has 2 rings (SSSR count). The van der Waals surface area contributed by atoms with E-state index in [9.17, 15) is 4.79 Å². The molecule has 0 aliphatic heterocycles. The van der Waals surface area contributed by atoms with Crippen molar-refractivity contribution in [1.82, 2.24) is 0 Å². The topological polar surface area (TPSA) is 26.3 Å². The lowest BCUT2D eigenvalue weighted by Gasteiger charge is -2.28. The highest BCUT2D eigenvalue weighted by Gasteiger charge is 2.31. The van der Waals surface area contributed by atoms with Gasteiger partial charge in [-0.25, -0.2) is 0 Å². The molecular weight excluding hydrogens is 200 g/mol. The van der Waals surface area contributed by atoms with Crippen molar-refractivity contribution in [1.29, 1.82) is 0 Å². The van der Waals surface area contributed by atoms with Gasteiger partial charge in [-0.05, 0) is 24.8 Å². The van der Waals surface area contributed by atoms with Crippen molar-refractivity contribution in [2.24, 2.45) is 5.92 Å². The molecule has 0 N–H and O–H groups in total. The number of methoxy groups -OCH3 is 1. The highest BCUT2D eigenvalue weighted by atomic mass is 16.5. The molecule has 0 saturated heterocycles. The molecule has 1 aromatic carbocycles. The third kappa shape index (κ3) is 1.53. The molecule has 0 radical (unpaired) electrons. The Kier molecular flexibility index (Phi) is 2.75. The van der Waals surface area contributed by atoms with Crippen LogP contribution in [0, 0.1) is 12.8 Å². The van der Waals surface area contributed by atoms with E-state index < -0.39 is 0 Å². The van der Waals surface area contributed by atoms with Crippen LogP contribution in [0.2, 0.25) is 0 Å². The molecule has 2 heteroatoms. The fourth-order valence-electron chi connectivity index (χ4n) is 2.70. The summed E-state index contributed by atoms with van der Waals surface area (Å²) in [5, 5.41) is 0. The molecule has 1 aliphatic carbocycles. The smallest absolute Gasteiger partial charge is 0.166 e. The molecule has 1 aliphatic rings. The summed E-state index contributed by atoms with van der Waals surface area (Å²) in [7, 11) is 1.68. The van der Waals surface area contributed by atoms with Crippen molar-refractivity contribution < 1.29 is 9.53 Å². The summed E-state index contributed by atoms with van der Waals surface area (Å²) in [6.45, 7) is 6.20. The average Bonchev–Trinajstić information content (AvgIpc) is 2.25. The van der Waals surface area contributed by atoms with Gasteiger partial charge in [0.05, 0.1) is 7.11 Å². The van der Waals surface area contributed by atoms with Crippen molar-refractivity contribution in [2.45, 2.75) is 33.1 Å². The predicted octanol–water partition coefficient (Wildman–Crippen LogP) is 3.33. The van der Waals surface area contributed by atoms with E-state index in [0.717, 1.165) is 28.9 Å². The van der Waals surface area contributed by atoms with E-state index in [0.29, 0.717) is 5.92 Å². The van der Waals surface area contributed by atoms with Gasteiger partial charge in [-0.15, -0.1) is 0 Å². The van der Waals surface area contributed by atoms with Crippen LogP contribution in [0.15, 0.2) is 12.1 Å². The zero-order valence-corrected chi connectivity index (χ0v) is 10.3. The van der Waals surface area contributed by atoms with Crippen LogP contribution in [0.1, 0.15) is 47.7 Å². The first kappa shape index (κ1) is 11.2. The monoisotopic (exact) mass is 218 g/mol. The molecule has 2 nitrogen and oxygen atoms in total. The lowest BCUT2D eigenvalue weighted by Crippen LogP contribution is -2.23. The number of hydrogen-bond donors (Lipinski definition) is 0. The van der Waals surface area contributed by atoms with Gasteiger partial charge in [0.15, 0.2) is 5.78 Å². The van der Waals surface area contributed by atoms with Gasteiger partial charge in [-0.3, -0.25) is 4.79 Å². The summed E-state index contributed by atoms with van der Waals surface area (Å²) >= 11 is 0. The van der Waals surface area contributed by atoms with E-state index in [4.69, 9.17) is 4.74 Å². The number of hydrogen-bond acceptors (Lipinski definition) is 2. The molecule has 0 aromatic heterocycles. The Morgan fingerprint density at radius 2 is 1.94 bits per heavy atom. The zero-order valence-electron chi connectivity index (χ0n) is 10.3. The molecule has 0 bridgehead atoms. The molecule has 0 saturated carbocycles. The van der Waals surface area contributed by atoms with Crippen molar-refractivity contribution in [3.8, 4) is 5.75 Å². The maximum atomic E-state index is 12.1. The van der Waals surface area contributed by atoms with Gasteiger partial charge < -0.3 is 4.74 Å². The molecule has 0 unspecified atom stereocenters. The summed E-state index contributed by atoms with van der Waals surface area (Å²) < 4.78 is 5.45. The first-order chi connectivity index (χ1) is 7.56. The fraction of sp³-hybridized carbons (Fsp3) is 0.500. The van der Waals surface area contributed by atoms with E-state index in [1.165, 1.54) is 0 Å². The molecule has 0 amide bonds. The average molecular weight is 218 g/mol. The standard InChI is InChI=1S/C14H18O2/c1-8-5-6-11-12(14(8)16-4)9(2)7-10(3)13(11)15/h5-6,9-10H,7H2,1-4H3/t9-,10-/m1/s1. The summed E-state index contributed by atoms with van der Waals surface area (Å²) in [5.41, 5.74) is 3.06. The Morgan fingerprint density at radius 3 is 2.56 bits per heavy atom. The van der Waals surface area contributed by atoms with E-state index in [2.05, 4.69) is 6.92 Å². The minimum Gasteiger partial charge on any atom is -0.496 e. The third-order valence-electron chi connectivity index (χ3n) is 3.51. The molecule has 1 aromatic rings. The largest absolute Gasteiger partial charge is 0.496 e. The molecule has 86 valence electrons. The SMILES string of the molecule is COc1c(C)ccc2c1[C@H](C)C[C@@H](C)C2=O. The normalized spacial score (nSPS) is 24.1. The van der Waals surface area contributed by atoms with Gasteiger partial charge in [0, 0.05) is 17.0 Å². The van der Waals surface area contributed by atoms with Crippen LogP contribution in [-0.4, -0.2) is 12.9 Å². The third-order valence-corrected chi connectivity index (χ3v) is 3.51. The van der Waals surface area contributed by atoms with Crippen molar-refractivity contribution in [2.75, 3.05) is 7.11 Å². The molecule has 16 heavy (non-hydrogen) atoms. The Balaban J connectivity index is 2.66. The number of rotatable bonds is 1. The van der Waals surface area contributed by atoms with Crippen LogP contribution < -0.4 is 4.74 Å². The van der Waals surface area contributed by atoms with Gasteiger partial charge in [0.25, 0.3) is 0 Å². The van der Waals surface area contributed by atoms with Crippen LogP contribution in [0.3, 0.4) is 0 Å². The van der Waals surface area contributed by atoms with Gasteiger partial charge in [0.2, 0.25) is 0 Å². The van der Waals surface area contributed by atoms with Crippen molar-refractivity contribution >= 4 is 5.78 Å². The number of ether oxygens (including phenoxy) is 1. The van der Waals surface area contributed by atoms with E-state index in [-0.39, 0.29) is 11.7 Å². The second-order valence-corrected chi connectivity index (χ2v) is 4.78. The number of Topliss-reactive ketones (excluding diaryl/α,β-unsaturated/α-hetero) is 1. The Hall–Kier alpha value is -1.31. The molecular formula is C14H18O2. The number of carbonyl (C=O) groups excluding carboxylic acids is 1. The number of carbonyl (C=O) groups is 1. The minimum atomic E-state index is 0.134. The van der Waals surface area contributed by atoms with Crippen LogP contribution in [-0.2, 0) is 0 Å². The molecule has 2 atom stereocenters. The number of benzene rings is 1. The Morgan fingerprint density at radius 1 is 1.25 bits per heavy atom. The highest BCUT2D eigenvalue weighted by Crippen LogP contribution is 2.41. The minimum absolute atomic E-state index is 0.134. The van der Waals surface area contributed by atoms with E-state index in [1.807, 2.05) is 26.0 Å². The van der Waals surface area contributed by atoms with Crippen molar-refractivity contribution in [3.05, 3.63) is 28.8 Å². The maximum Gasteiger partial charge on any atom is 0.166 e. The maximum absolute atomic E-state index is 12.1. The van der Waals surface area contributed by atoms with Crippen LogP contribution in [0.5, 0.6) is 5.75 Å². The van der Waals surface area contributed by atoms with Gasteiger partial charge >= 0.3 is 0 Å².